The van der Waals surface area contributed by atoms with Crippen molar-refractivity contribution in [2.45, 2.75) is 6.92 Å². The van der Waals surface area contributed by atoms with Crippen molar-refractivity contribution >= 4 is 17.2 Å². The van der Waals surface area contributed by atoms with E-state index in [1.165, 1.54) is 0 Å². The van der Waals surface area contributed by atoms with Crippen LogP contribution in [0.2, 0.25) is 0 Å². The average molecular weight is 348 g/mol. The maximum absolute atomic E-state index is 12.7. The Bertz CT molecular complexity index is 1100. The van der Waals surface area contributed by atoms with Crippen LogP contribution in [0.25, 0.3) is 11.3 Å². The van der Waals surface area contributed by atoms with Gasteiger partial charge in [0.1, 0.15) is 17.8 Å². The van der Waals surface area contributed by atoms with E-state index in [-0.39, 0.29) is 5.91 Å². The van der Waals surface area contributed by atoms with Crippen molar-refractivity contribution in [1.82, 2.24) is 24.4 Å². The number of carbonyl (C=O) groups is 1. The highest BCUT2D eigenvalue weighted by molar-refractivity contribution is 6.05. The number of carbonyl (C=O) groups excluding carboxylic acids is 1. The third kappa shape index (κ3) is 2.67. The van der Waals surface area contributed by atoms with E-state index >= 15 is 0 Å². The SMILES string of the molecule is COc1ccccc1-n1ncc(C(=O)Nc2ccc3nncn3c2)c1C. The van der Waals surface area contributed by atoms with Gasteiger partial charge in [0, 0.05) is 6.20 Å². The summed E-state index contributed by atoms with van der Waals surface area (Å²) in [5.41, 5.74) is 3.34. The first-order chi connectivity index (χ1) is 12.7. The van der Waals surface area contributed by atoms with Crippen LogP contribution in [-0.2, 0) is 0 Å². The fourth-order valence-corrected chi connectivity index (χ4v) is 2.78. The molecule has 3 heterocycles. The molecule has 0 aliphatic rings. The summed E-state index contributed by atoms with van der Waals surface area (Å²) in [6.07, 6.45) is 4.89. The first-order valence-corrected chi connectivity index (χ1v) is 7.96. The summed E-state index contributed by atoms with van der Waals surface area (Å²) >= 11 is 0. The molecule has 0 bridgehead atoms. The molecule has 0 atom stereocenters. The third-order valence-corrected chi connectivity index (χ3v) is 4.12. The lowest BCUT2D eigenvalue weighted by atomic mass is 10.2. The summed E-state index contributed by atoms with van der Waals surface area (Å²) in [6, 6.07) is 11.1. The first-order valence-electron chi connectivity index (χ1n) is 7.96. The largest absolute Gasteiger partial charge is 0.494 e. The zero-order chi connectivity index (χ0) is 18.1. The standard InChI is InChI=1S/C18H16N6O2/c1-12-14(9-20-24(12)15-5-3-4-6-16(15)26-2)18(25)21-13-7-8-17-22-19-11-23(17)10-13/h3-11H,1-2H3,(H,21,25). The highest BCUT2D eigenvalue weighted by Crippen LogP contribution is 2.24. The number of para-hydroxylation sites is 2. The van der Waals surface area contributed by atoms with Gasteiger partial charge in [-0.15, -0.1) is 10.2 Å². The molecule has 4 rings (SSSR count). The van der Waals surface area contributed by atoms with E-state index in [1.54, 1.807) is 47.0 Å². The van der Waals surface area contributed by atoms with Gasteiger partial charge in [0.2, 0.25) is 0 Å². The molecule has 1 aromatic carbocycles. The summed E-state index contributed by atoms with van der Waals surface area (Å²) in [4.78, 5) is 12.7. The van der Waals surface area contributed by atoms with Crippen LogP contribution in [-0.4, -0.2) is 37.4 Å². The van der Waals surface area contributed by atoms with E-state index in [0.29, 0.717) is 22.6 Å². The number of anilines is 1. The van der Waals surface area contributed by atoms with E-state index in [0.717, 1.165) is 11.4 Å². The second kappa shape index (κ2) is 6.32. The summed E-state index contributed by atoms with van der Waals surface area (Å²) < 4.78 is 8.81. The molecule has 0 saturated heterocycles. The Kier molecular flexibility index (Phi) is 3.85. The van der Waals surface area contributed by atoms with E-state index < -0.39 is 0 Å². The third-order valence-electron chi connectivity index (χ3n) is 4.12. The Balaban J connectivity index is 1.63. The molecule has 8 heteroatoms. The number of ether oxygens (including phenoxy) is 1. The number of methoxy groups -OCH3 is 1. The molecule has 0 spiro atoms. The molecule has 130 valence electrons. The van der Waals surface area contributed by atoms with E-state index in [9.17, 15) is 4.79 Å². The van der Waals surface area contributed by atoms with Crippen LogP contribution >= 0.6 is 0 Å². The highest BCUT2D eigenvalue weighted by Gasteiger charge is 2.17. The number of amides is 1. The number of hydrogen-bond donors (Lipinski definition) is 1. The minimum atomic E-state index is -0.240. The fraction of sp³-hybridized carbons (Fsp3) is 0.111. The van der Waals surface area contributed by atoms with Crippen LogP contribution in [0.15, 0.2) is 55.1 Å². The predicted octanol–water partition coefficient (Wildman–Crippen LogP) is 2.48. The lowest BCUT2D eigenvalue weighted by molar-refractivity contribution is 0.102. The van der Waals surface area contributed by atoms with E-state index in [4.69, 9.17) is 4.74 Å². The van der Waals surface area contributed by atoms with Crippen LogP contribution in [0.4, 0.5) is 5.69 Å². The molecular formula is C18H16N6O2. The molecular weight excluding hydrogens is 332 g/mol. The van der Waals surface area contributed by atoms with Crippen LogP contribution in [0.3, 0.4) is 0 Å². The Morgan fingerprint density at radius 1 is 1.19 bits per heavy atom. The van der Waals surface area contributed by atoms with Gasteiger partial charge in [-0.05, 0) is 31.2 Å². The topological polar surface area (TPSA) is 86.3 Å². The van der Waals surface area contributed by atoms with Gasteiger partial charge in [-0.2, -0.15) is 5.10 Å². The van der Waals surface area contributed by atoms with Crippen molar-refractivity contribution in [3.8, 4) is 11.4 Å². The van der Waals surface area contributed by atoms with Gasteiger partial charge in [0.25, 0.3) is 5.91 Å². The zero-order valence-electron chi connectivity index (χ0n) is 14.2. The van der Waals surface area contributed by atoms with Crippen LogP contribution in [0, 0.1) is 6.92 Å². The van der Waals surface area contributed by atoms with Crippen LogP contribution < -0.4 is 10.1 Å². The smallest absolute Gasteiger partial charge is 0.259 e. The molecule has 0 saturated carbocycles. The quantitative estimate of drug-likeness (QED) is 0.612. The van der Waals surface area contributed by atoms with Gasteiger partial charge >= 0.3 is 0 Å². The molecule has 1 amide bonds. The second-order valence-electron chi connectivity index (χ2n) is 5.70. The maximum atomic E-state index is 12.7. The van der Waals surface area contributed by atoms with Gasteiger partial charge in [-0.1, -0.05) is 12.1 Å². The monoisotopic (exact) mass is 348 g/mol. The summed E-state index contributed by atoms with van der Waals surface area (Å²) in [7, 11) is 1.60. The number of pyridine rings is 1. The molecule has 0 fully saturated rings. The van der Waals surface area contributed by atoms with Gasteiger partial charge in [0.15, 0.2) is 5.65 Å². The Labute approximate surface area is 149 Å². The predicted molar refractivity (Wildman–Crippen MR) is 95.8 cm³/mol. The van der Waals surface area contributed by atoms with Crippen molar-refractivity contribution < 1.29 is 9.53 Å². The minimum absolute atomic E-state index is 0.240. The number of fused-ring (bicyclic) bond motifs is 1. The van der Waals surface area contributed by atoms with Crippen LogP contribution in [0.1, 0.15) is 16.1 Å². The van der Waals surface area contributed by atoms with Gasteiger partial charge in [-0.25, -0.2) is 4.68 Å². The molecule has 3 aromatic heterocycles. The summed E-state index contributed by atoms with van der Waals surface area (Å²) in [6.45, 7) is 1.84. The fourth-order valence-electron chi connectivity index (χ4n) is 2.78. The average Bonchev–Trinajstić information content (AvgIpc) is 3.27. The lowest BCUT2D eigenvalue weighted by Crippen LogP contribution is -2.13. The van der Waals surface area contributed by atoms with Gasteiger partial charge in [-0.3, -0.25) is 9.20 Å². The maximum Gasteiger partial charge on any atom is 0.259 e. The number of nitrogens with one attached hydrogen (secondary N) is 1. The molecule has 0 aliphatic carbocycles. The minimum Gasteiger partial charge on any atom is -0.494 e. The van der Waals surface area contributed by atoms with Crippen molar-refractivity contribution in [2.24, 2.45) is 0 Å². The number of aromatic nitrogens is 5. The van der Waals surface area contributed by atoms with E-state index in [1.807, 2.05) is 31.2 Å². The highest BCUT2D eigenvalue weighted by atomic mass is 16.5. The van der Waals surface area contributed by atoms with Crippen molar-refractivity contribution in [3.63, 3.8) is 0 Å². The second-order valence-corrected chi connectivity index (χ2v) is 5.70. The molecule has 0 aliphatic heterocycles. The Hall–Kier alpha value is -3.68. The molecule has 4 aromatic rings. The number of hydrogen-bond acceptors (Lipinski definition) is 5. The molecule has 8 nitrogen and oxygen atoms in total. The number of nitrogens with zero attached hydrogens (tertiary/aromatic N) is 5. The Morgan fingerprint density at radius 2 is 2.04 bits per heavy atom. The van der Waals surface area contributed by atoms with Gasteiger partial charge in [0.05, 0.1) is 30.3 Å². The van der Waals surface area contributed by atoms with Crippen LogP contribution in [0.5, 0.6) is 5.75 Å². The number of rotatable bonds is 4. The molecule has 26 heavy (non-hydrogen) atoms. The van der Waals surface area contributed by atoms with Crippen molar-refractivity contribution in [1.29, 1.82) is 0 Å². The summed E-state index contributed by atoms with van der Waals surface area (Å²) in [5, 5.41) is 15.0. The first kappa shape index (κ1) is 15.8. The van der Waals surface area contributed by atoms with E-state index in [2.05, 4.69) is 20.6 Å². The van der Waals surface area contributed by atoms with Crippen molar-refractivity contribution in [2.75, 3.05) is 12.4 Å². The normalized spacial score (nSPS) is 10.8. The number of benzene rings is 1. The zero-order valence-corrected chi connectivity index (χ0v) is 14.2. The summed E-state index contributed by atoms with van der Waals surface area (Å²) in [5.74, 6) is 0.444. The molecule has 0 radical (unpaired) electrons. The molecule has 1 N–H and O–H groups in total. The van der Waals surface area contributed by atoms with Gasteiger partial charge < -0.3 is 10.1 Å². The Morgan fingerprint density at radius 3 is 2.88 bits per heavy atom. The van der Waals surface area contributed by atoms with Crippen molar-refractivity contribution in [3.05, 3.63) is 66.4 Å². The lowest BCUT2D eigenvalue weighted by Gasteiger charge is -2.10. The molecule has 0 unspecified atom stereocenters.